The highest BCUT2D eigenvalue weighted by Crippen LogP contribution is 2.30. The summed E-state index contributed by atoms with van der Waals surface area (Å²) in [6.07, 6.45) is 0. The minimum absolute atomic E-state index is 0.942. The molecule has 1 aliphatic carbocycles. The van der Waals surface area contributed by atoms with Crippen molar-refractivity contribution in [2.24, 2.45) is 0 Å². The molecule has 0 unspecified atom stereocenters. The topological polar surface area (TPSA) is 9.23 Å². The fraction of sp³-hybridized carbons (Fsp3) is 0.111. The van der Waals surface area contributed by atoms with Crippen LogP contribution in [0.3, 0.4) is 0 Å². The summed E-state index contributed by atoms with van der Waals surface area (Å²) in [5, 5.41) is 2.99. The molecule has 11 heavy (non-hydrogen) atoms. The van der Waals surface area contributed by atoms with Gasteiger partial charge in [-0.2, -0.15) is 0 Å². The van der Waals surface area contributed by atoms with Gasteiger partial charge in [-0.05, 0) is 23.3 Å². The Morgan fingerprint density at radius 1 is 1.55 bits per heavy atom. The Bertz CT molecular complexity index is 326. The van der Waals surface area contributed by atoms with Gasteiger partial charge in [-0.1, -0.05) is 12.1 Å². The van der Waals surface area contributed by atoms with Crippen molar-refractivity contribution in [1.29, 1.82) is 0 Å². The zero-order valence-electron chi connectivity index (χ0n) is 6.13. The second-order valence-electron chi connectivity index (χ2n) is 2.25. The SMILES string of the molecule is COc1cc2cc[c]c-2cs1. The summed E-state index contributed by atoms with van der Waals surface area (Å²) in [6.45, 7) is 0. The quantitative estimate of drug-likeness (QED) is 0.628. The van der Waals surface area contributed by atoms with Crippen LogP contribution >= 0.6 is 11.3 Å². The number of fused-ring (bicyclic) bond motifs is 1. The van der Waals surface area contributed by atoms with Gasteiger partial charge in [0.25, 0.3) is 0 Å². The summed E-state index contributed by atoms with van der Waals surface area (Å²) in [5.74, 6) is 0. The lowest BCUT2D eigenvalue weighted by molar-refractivity contribution is 0.427. The van der Waals surface area contributed by atoms with Crippen LogP contribution < -0.4 is 4.74 Å². The molecule has 0 spiro atoms. The van der Waals surface area contributed by atoms with E-state index in [0.29, 0.717) is 0 Å². The van der Waals surface area contributed by atoms with Crippen molar-refractivity contribution in [1.82, 2.24) is 0 Å². The van der Waals surface area contributed by atoms with Gasteiger partial charge in [-0.3, -0.25) is 0 Å². The van der Waals surface area contributed by atoms with Gasteiger partial charge in [0.05, 0.1) is 7.11 Å². The molecule has 0 aromatic rings. The second-order valence-corrected chi connectivity index (χ2v) is 3.12. The molecular weight excluding hydrogens is 156 g/mol. The summed E-state index contributed by atoms with van der Waals surface area (Å²) < 4.78 is 5.10. The molecule has 0 amide bonds. The average molecular weight is 163 g/mol. The van der Waals surface area contributed by atoms with E-state index in [-0.39, 0.29) is 0 Å². The first-order chi connectivity index (χ1) is 5.40. The molecule has 2 heteroatoms. The van der Waals surface area contributed by atoms with Crippen molar-refractivity contribution in [2.45, 2.75) is 0 Å². The van der Waals surface area contributed by atoms with E-state index in [0.717, 1.165) is 10.6 Å². The van der Waals surface area contributed by atoms with E-state index in [1.807, 2.05) is 23.6 Å². The van der Waals surface area contributed by atoms with Crippen LogP contribution in [0.5, 0.6) is 5.06 Å². The Morgan fingerprint density at radius 2 is 2.45 bits per heavy atom. The Morgan fingerprint density at radius 3 is 3.27 bits per heavy atom. The van der Waals surface area contributed by atoms with E-state index in [9.17, 15) is 0 Å². The molecule has 0 aromatic heterocycles. The Kier molecular flexibility index (Phi) is 1.55. The summed E-state index contributed by atoms with van der Waals surface area (Å²) in [6, 6.07) is 9.11. The Balaban J connectivity index is 2.59. The predicted octanol–water partition coefficient (Wildman–Crippen LogP) is 2.66. The fourth-order valence-electron chi connectivity index (χ4n) is 1.01. The molecule has 1 heterocycles. The van der Waals surface area contributed by atoms with Gasteiger partial charge < -0.3 is 4.74 Å². The minimum atomic E-state index is 0.942. The lowest BCUT2D eigenvalue weighted by atomic mass is 10.2. The highest BCUT2D eigenvalue weighted by Gasteiger charge is 2.02. The number of rotatable bonds is 1. The molecule has 1 nitrogen and oxygen atoms in total. The maximum Gasteiger partial charge on any atom is 0.173 e. The molecular formula is C9H7OS. The van der Waals surface area contributed by atoms with Crippen molar-refractivity contribution in [3.8, 4) is 16.2 Å². The van der Waals surface area contributed by atoms with Crippen LogP contribution in [0.15, 0.2) is 23.6 Å². The predicted molar refractivity (Wildman–Crippen MR) is 46.3 cm³/mol. The lowest BCUT2D eigenvalue weighted by Crippen LogP contribution is -1.79. The van der Waals surface area contributed by atoms with E-state index < -0.39 is 0 Å². The van der Waals surface area contributed by atoms with Gasteiger partial charge in [0.1, 0.15) is 0 Å². The summed E-state index contributed by atoms with van der Waals surface area (Å²) in [4.78, 5) is 0. The highest BCUT2D eigenvalue weighted by atomic mass is 32.1. The first-order valence-corrected chi connectivity index (χ1v) is 4.21. The third-order valence-electron chi connectivity index (χ3n) is 1.58. The number of ether oxygens (including phenoxy) is 1. The zero-order valence-corrected chi connectivity index (χ0v) is 6.94. The van der Waals surface area contributed by atoms with Crippen LogP contribution in [0.1, 0.15) is 0 Å². The fourth-order valence-corrected chi connectivity index (χ4v) is 1.74. The van der Waals surface area contributed by atoms with Crippen molar-refractivity contribution in [3.63, 3.8) is 0 Å². The maximum atomic E-state index is 5.10. The van der Waals surface area contributed by atoms with E-state index in [4.69, 9.17) is 4.74 Å². The molecule has 0 N–H and O–H groups in total. The summed E-state index contributed by atoms with van der Waals surface area (Å²) >= 11 is 1.59. The number of hydrogen-bond donors (Lipinski definition) is 0. The van der Waals surface area contributed by atoms with Gasteiger partial charge in [0.2, 0.25) is 0 Å². The molecule has 0 fully saturated rings. The Hall–Kier alpha value is -1.02. The maximum absolute atomic E-state index is 5.10. The lowest BCUT2D eigenvalue weighted by Gasteiger charge is -2.00. The second kappa shape index (κ2) is 2.55. The highest BCUT2D eigenvalue weighted by molar-refractivity contribution is 7.11. The van der Waals surface area contributed by atoms with Crippen LogP contribution in [0.4, 0.5) is 0 Å². The Labute approximate surface area is 69.6 Å². The van der Waals surface area contributed by atoms with Crippen molar-refractivity contribution >= 4 is 11.3 Å². The van der Waals surface area contributed by atoms with Gasteiger partial charge >= 0.3 is 0 Å². The van der Waals surface area contributed by atoms with Crippen LogP contribution in [-0.4, -0.2) is 7.11 Å². The zero-order chi connectivity index (χ0) is 7.68. The standard InChI is InChI=1S/C9H7OS/c1-10-9-5-7-3-2-4-8(7)6-11-9/h2-3,5-6H,1H3. The molecule has 55 valence electrons. The first-order valence-electron chi connectivity index (χ1n) is 3.33. The van der Waals surface area contributed by atoms with Crippen molar-refractivity contribution in [2.75, 3.05) is 7.11 Å². The van der Waals surface area contributed by atoms with E-state index >= 15 is 0 Å². The largest absolute Gasteiger partial charge is 0.487 e. The molecule has 0 aromatic carbocycles. The third kappa shape index (κ3) is 1.10. The molecule has 0 saturated heterocycles. The van der Waals surface area contributed by atoms with Crippen LogP contribution in [-0.2, 0) is 0 Å². The molecule has 2 rings (SSSR count). The van der Waals surface area contributed by atoms with Crippen LogP contribution in [0.2, 0.25) is 0 Å². The molecule has 0 saturated carbocycles. The van der Waals surface area contributed by atoms with Crippen molar-refractivity contribution < 1.29 is 4.74 Å². The van der Waals surface area contributed by atoms with E-state index in [1.54, 1.807) is 18.4 Å². The molecule has 1 radical (unpaired) electrons. The van der Waals surface area contributed by atoms with E-state index in [1.165, 1.54) is 5.56 Å². The van der Waals surface area contributed by atoms with Gasteiger partial charge in [0.15, 0.2) is 5.06 Å². The van der Waals surface area contributed by atoms with Crippen molar-refractivity contribution in [3.05, 3.63) is 29.6 Å². The average Bonchev–Trinajstić information content (AvgIpc) is 2.50. The number of hydrogen-bond acceptors (Lipinski definition) is 2. The third-order valence-corrected chi connectivity index (χ3v) is 2.45. The molecule has 0 atom stereocenters. The van der Waals surface area contributed by atoms with Gasteiger partial charge in [0, 0.05) is 5.38 Å². The number of methoxy groups -OCH3 is 1. The smallest absolute Gasteiger partial charge is 0.173 e. The summed E-state index contributed by atoms with van der Waals surface area (Å²) in [5.41, 5.74) is 2.36. The molecule has 1 aliphatic heterocycles. The van der Waals surface area contributed by atoms with Gasteiger partial charge in [-0.25, -0.2) is 0 Å². The van der Waals surface area contributed by atoms with Gasteiger partial charge in [-0.15, -0.1) is 11.3 Å². The van der Waals surface area contributed by atoms with Crippen LogP contribution in [0.25, 0.3) is 11.1 Å². The summed E-state index contributed by atoms with van der Waals surface area (Å²) in [7, 11) is 1.68. The molecule has 2 aliphatic rings. The minimum Gasteiger partial charge on any atom is -0.487 e. The van der Waals surface area contributed by atoms with Crippen LogP contribution in [0, 0.1) is 6.07 Å². The first kappa shape index (κ1) is 6.68. The monoisotopic (exact) mass is 163 g/mol. The normalized spacial score (nSPS) is 10.3. The van der Waals surface area contributed by atoms with E-state index in [2.05, 4.69) is 6.07 Å². The molecule has 0 bridgehead atoms.